The molecule has 0 amide bonds. The first-order chi connectivity index (χ1) is 43.4. The number of hydrogen-bond acceptors (Lipinski definition) is 8. The van der Waals surface area contributed by atoms with Crippen LogP contribution in [-0.4, -0.2) is 78.5 Å². The summed E-state index contributed by atoms with van der Waals surface area (Å²) in [5.41, 5.74) is 11.6. The number of ether oxygens (including phenoxy) is 4. The highest BCUT2D eigenvalue weighted by molar-refractivity contribution is 6.53. The lowest BCUT2D eigenvalue weighted by atomic mass is 9.67. The third-order valence-electron chi connectivity index (χ3n) is 21.9. The van der Waals surface area contributed by atoms with Gasteiger partial charge < -0.3 is 43.6 Å². The molecule has 0 fully saturated rings. The summed E-state index contributed by atoms with van der Waals surface area (Å²) >= 11 is 27.1. The normalized spacial score (nSPS) is 19.8. The number of halogens is 8. The summed E-state index contributed by atoms with van der Waals surface area (Å²) in [5.74, 6) is -6.56. The van der Waals surface area contributed by atoms with Crippen LogP contribution in [-0.2, 0) is 51.4 Å². The molecule has 10 nitrogen and oxygen atoms in total. The van der Waals surface area contributed by atoms with Crippen molar-refractivity contribution >= 4 is 80.9 Å². The van der Waals surface area contributed by atoms with Crippen molar-refractivity contribution in [3.8, 4) is 23.0 Å². The van der Waals surface area contributed by atoms with E-state index in [1.165, 1.54) is 40.4 Å². The number of anilines is 2. The molecule has 0 saturated carbocycles. The second kappa shape index (κ2) is 23.2. The van der Waals surface area contributed by atoms with Gasteiger partial charge in [-0.15, -0.1) is 0 Å². The number of esters is 2. The van der Waals surface area contributed by atoms with E-state index in [0.29, 0.717) is 27.8 Å². The quantitative estimate of drug-likeness (QED) is 0.0430. The largest absolute Gasteiger partial charge is 0.465 e. The fraction of sp³-hybridized carbons (Fsp3) is 0.440. The molecule has 0 N–H and O–H groups in total. The molecule has 10 aliphatic rings. The lowest BCUT2D eigenvalue weighted by Crippen LogP contribution is -2.51. The molecule has 0 aliphatic carbocycles. The van der Waals surface area contributed by atoms with Crippen molar-refractivity contribution in [3.63, 3.8) is 0 Å². The first-order valence-corrected chi connectivity index (χ1v) is 33.7. The van der Waals surface area contributed by atoms with Crippen LogP contribution in [0.25, 0.3) is 11.1 Å². The van der Waals surface area contributed by atoms with Crippen LogP contribution in [0.3, 0.4) is 0 Å². The zero-order chi connectivity index (χ0) is 64.0. The number of rotatable bonds is 4. The van der Waals surface area contributed by atoms with Crippen molar-refractivity contribution in [2.75, 3.05) is 76.4 Å². The minimum absolute atomic E-state index is 0. The highest BCUT2D eigenvalue weighted by Gasteiger charge is 2.49. The molecule has 10 heterocycles. The van der Waals surface area contributed by atoms with Crippen molar-refractivity contribution in [2.24, 2.45) is 0 Å². The minimum atomic E-state index is -2.06. The van der Waals surface area contributed by atoms with Gasteiger partial charge in [0.05, 0.1) is 51.0 Å². The smallest absolute Gasteiger partial charge is 0.341 e. The van der Waals surface area contributed by atoms with Crippen LogP contribution in [0.2, 0.25) is 20.1 Å². The highest BCUT2D eigenvalue weighted by atomic mass is 35.5. The van der Waals surface area contributed by atoms with Gasteiger partial charge in [0.15, 0.2) is 23.3 Å². The average Bonchev–Trinajstić information content (AvgIpc) is 0.701. The van der Waals surface area contributed by atoms with E-state index in [-0.39, 0.29) is 68.2 Å². The van der Waals surface area contributed by atoms with E-state index in [1.807, 2.05) is 12.1 Å². The van der Waals surface area contributed by atoms with Crippen molar-refractivity contribution in [3.05, 3.63) is 182 Å². The van der Waals surface area contributed by atoms with Crippen LogP contribution in [0.15, 0.2) is 24.3 Å². The van der Waals surface area contributed by atoms with Crippen molar-refractivity contribution in [2.45, 2.75) is 148 Å². The minimum Gasteiger partial charge on any atom is -0.465 e. The first-order valence-electron chi connectivity index (χ1n) is 32.2. The van der Waals surface area contributed by atoms with E-state index in [1.54, 1.807) is 0 Å². The molecule has 490 valence electrons. The summed E-state index contributed by atoms with van der Waals surface area (Å²) in [7, 11) is 2.35. The Morgan fingerprint density at radius 3 is 1.83 bits per heavy atom. The molecule has 18 heteroatoms. The number of fused-ring (bicyclic) bond motifs is 8. The monoisotopic (exact) mass is 1350 g/mol. The predicted octanol–water partition coefficient (Wildman–Crippen LogP) is 14.7. The number of carbonyl (C=O) groups is 2. The number of methoxy groups -OCH3 is 2. The van der Waals surface area contributed by atoms with Crippen LogP contribution in [0, 0.1) is 38.1 Å². The number of aryl methyl sites for hydroxylation is 2. The predicted molar refractivity (Wildman–Crippen MR) is 362 cm³/mol. The van der Waals surface area contributed by atoms with Crippen LogP contribution >= 0.6 is 46.4 Å². The summed E-state index contributed by atoms with van der Waals surface area (Å²) in [6.07, 6.45) is 11.6. The molecule has 0 bridgehead atoms. The molecule has 1 unspecified atom stereocenters. The van der Waals surface area contributed by atoms with Crippen LogP contribution < -0.4 is 49.6 Å². The Labute approximate surface area is 561 Å². The summed E-state index contributed by atoms with van der Waals surface area (Å²) in [6, 6.07) is 8.41. The second-order valence-electron chi connectivity index (χ2n) is 28.5. The zero-order valence-corrected chi connectivity index (χ0v) is 57.8. The summed E-state index contributed by atoms with van der Waals surface area (Å²) < 4.78 is 92.4. The Balaban J connectivity index is 0.000000168. The van der Waals surface area contributed by atoms with Gasteiger partial charge in [-0.2, -0.15) is 0 Å². The van der Waals surface area contributed by atoms with E-state index >= 15 is 13.2 Å². The Morgan fingerprint density at radius 2 is 1.11 bits per heavy atom. The van der Waals surface area contributed by atoms with E-state index in [9.17, 15) is 14.0 Å². The van der Waals surface area contributed by atoms with Crippen LogP contribution in [0.5, 0.6) is 23.0 Å². The third-order valence-corrected chi connectivity index (χ3v) is 23.7. The Bertz CT molecular complexity index is 4630. The van der Waals surface area contributed by atoms with Crippen LogP contribution in [0.4, 0.5) is 28.9 Å². The van der Waals surface area contributed by atoms with E-state index < -0.39 is 46.3 Å². The van der Waals surface area contributed by atoms with Gasteiger partial charge in [-0.1, -0.05) is 94.9 Å². The molecule has 0 spiro atoms. The van der Waals surface area contributed by atoms with Crippen molar-refractivity contribution < 1.29 is 46.1 Å². The topological polar surface area (TPSA) is 83.6 Å². The fourth-order valence-corrected chi connectivity index (χ4v) is 18.2. The molecule has 1 atom stereocenters. The fourth-order valence-electron chi connectivity index (χ4n) is 17.2. The van der Waals surface area contributed by atoms with Gasteiger partial charge in [0, 0.05) is 135 Å². The lowest BCUT2D eigenvalue weighted by molar-refractivity contribution is 0.0586. The number of carbonyl (C=O) groups excluding carboxylic acids is 2. The van der Waals surface area contributed by atoms with E-state index in [4.69, 9.17) is 65.4 Å². The second-order valence-corrected chi connectivity index (χ2v) is 30.0. The molecule has 0 radical (unpaired) electrons. The first kappa shape index (κ1) is 65.3. The van der Waals surface area contributed by atoms with Crippen molar-refractivity contribution in [1.82, 2.24) is 9.15 Å². The molecule has 10 aliphatic heterocycles. The van der Waals surface area contributed by atoms with Gasteiger partial charge >= 0.3 is 11.9 Å². The maximum Gasteiger partial charge on any atom is 0.341 e. The highest BCUT2D eigenvalue weighted by Crippen LogP contribution is 2.58. The molecule has 93 heavy (non-hydrogen) atoms. The zero-order valence-electron chi connectivity index (χ0n) is 54.8. The third kappa shape index (κ3) is 9.55. The average molecular weight is 1350 g/mol. The Morgan fingerprint density at radius 1 is 0.538 bits per heavy atom. The number of benzene rings is 6. The van der Waals surface area contributed by atoms with Gasteiger partial charge in [-0.3, -0.25) is 0 Å². The molecule has 0 saturated heterocycles. The standard InChI is InChI=1S/C40H43F4N2O3.C33H29Cl4N2O3.2CH3/c1-19-9-13-45-15-11-39(4,5)27-33(45)20(19)17-21-24(25-26(37(47)48-8)30(42)32(44)31(43)29(25)41)22-18-23-34-28(36(22)49-35(21)27)40(6,7)12-16-46(34)14-10-38(23,2)3;1-41-33(40)24-23(25(34)27(36)28(37)26(24)35)22-20-14-16-6-2-10-38-12-4-8-18(29(16)38)31(20)42-32-19-9-5-13-39-11-3-7-17(30(19)39)15-21(22)32;;/h17-19H,9-16H2,1-8H3;14-15H,2-13H2,1H3;2*1H3/q2*+1;2*-1. The SMILES string of the molecule is COC(=O)c1c(Cl)c(Cl)c(Cl)c(Cl)c1C1=c2cc3c4c(c2Oc2c1cc1c5c2CCCN5CCC1)CCC[N+]=4CCC3.COC(=O)c1c(F)c(F)c(F)c(F)c1C1=c2cc3c4c(c2Oc2c1cc1c5c2C(C)(C)CCN5CCC1(C)C)C(C)(C)CC[N+]=4CCC3C.[CH3-].[CH3-]. The van der Waals surface area contributed by atoms with Gasteiger partial charge in [-0.25, -0.2) is 36.3 Å². The van der Waals surface area contributed by atoms with E-state index in [0.717, 1.165) is 198 Å². The molecule has 16 rings (SSSR count). The molecular formula is C75H78Cl4F4N4O6. The van der Waals surface area contributed by atoms with Gasteiger partial charge in [-0.05, 0) is 104 Å². The summed E-state index contributed by atoms with van der Waals surface area (Å²) in [5, 5.41) is 4.12. The molecule has 0 aromatic heterocycles. The van der Waals surface area contributed by atoms with Crippen molar-refractivity contribution in [1.29, 1.82) is 0 Å². The van der Waals surface area contributed by atoms with Gasteiger partial charge in [0.2, 0.25) is 10.7 Å². The van der Waals surface area contributed by atoms with Crippen LogP contribution in [0.1, 0.15) is 193 Å². The number of hydrogen-bond donors (Lipinski definition) is 0. The Kier molecular flexibility index (Phi) is 16.3. The maximum absolute atomic E-state index is 16.6. The maximum atomic E-state index is 16.6. The molecule has 6 aromatic rings. The Hall–Kier alpha value is -6.32. The van der Waals surface area contributed by atoms with Gasteiger partial charge in [0.25, 0.3) is 0 Å². The number of nitrogens with zero attached hydrogens (tertiary/aromatic N) is 4. The van der Waals surface area contributed by atoms with E-state index in [2.05, 4.69) is 79.5 Å². The molecule has 6 aromatic carbocycles. The summed E-state index contributed by atoms with van der Waals surface area (Å²) in [6.45, 7) is 22.9. The van der Waals surface area contributed by atoms with Gasteiger partial charge in [0.1, 0.15) is 54.7 Å². The molecular weight excluding hydrogens is 1270 g/mol. The summed E-state index contributed by atoms with van der Waals surface area (Å²) in [4.78, 5) is 31.7. The lowest BCUT2D eigenvalue weighted by Gasteiger charge is -2.49.